The van der Waals surface area contributed by atoms with Gasteiger partial charge in [-0.05, 0) is 11.1 Å². The number of carbonyl (C=O) groups is 1. The molecule has 0 unspecified atom stereocenters. The van der Waals surface area contributed by atoms with Gasteiger partial charge in [0.2, 0.25) is 0 Å². The van der Waals surface area contributed by atoms with Crippen LogP contribution in [0.3, 0.4) is 0 Å². The van der Waals surface area contributed by atoms with Crippen LogP contribution >= 0.6 is 23.2 Å². The standard InChI is InChI=1S/C10H7Cl2NO2/c11-4-7-2-1-6(3-9(14)15)10(12)8(7)5-13/h1-2H,3-4H2,(H,14,15). The molecule has 0 bridgehead atoms. The van der Waals surface area contributed by atoms with E-state index in [2.05, 4.69) is 0 Å². The van der Waals surface area contributed by atoms with E-state index >= 15 is 0 Å². The Labute approximate surface area is 96.8 Å². The zero-order valence-corrected chi connectivity index (χ0v) is 9.14. The predicted octanol–water partition coefficient (Wildman–Crippen LogP) is 2.58. The van der Waals surface area contributed by atoms with Gasteiger partial charge in [-0.2, -0.15) is 5.26 Å². The first-order valence-electron chi connectivity index (χ1n) is 4.08. The summed E-state index contributed by atoms with van der Waals surface area (Å²) in [5.74, 6) is -0.810. The molecule has 0 heterocycles. The Bertz CT molecular complexity index is 438. The van der Waals surface area contributed by atoms with Crippen molar-refractivity contribution in [2.45, 2.75) is 12.3 Å². The summed E-state index contributed by atoms with van der Waals surface area (Å²) in [6.45, 7) is 0. The number of nitriles is 1. The summed E-state index contributed by atoms with van der Waals surface area (Å²) < 4.78 is 0. The molecule has 0 aromatic heterocycles. The van der Waals surface area contributed by atoms with Crippen molar-refractivity contribution >= 4 is 29.2 Å². The summed E-state index contributed by atoms with van der Waals surface area (Å²) in [6, 6.07) is 5.12. The average molecular weight is 244 g/mol. The molecule has 5 heteroatoms. The van der Waals surface area contributed by atoms with E-state index in [1.165, 1.54) is 0 Å². The Morgan fingerprint density at radius 3 is 2.53 bits per heavy atom. The van der Waals surface area contributed by atoms with Gasteiger partial charge in [0, 0.05) is 5.88 Å². The second-order valence-electron chi connectivity index (χ2n) is 2.89. The fraction of sp³-hybridized carbons (Fsp3) is 0.200. The second kappa shape index (κ2) is 5.01. The molecule has 0 saturated carbocycles. The van der Waals surface area contributed by atoms with Gasteiger partial charge in [-0.1, -0.05) is 23.7 Å². The fourth-order valence-electron chi connectivity index (χ4n) is 1.19. The molecule has 0 aliphatic carbocycles. The van der Waals surface area contributed by atoms with Crippen molar-refractivity contribution in [3.05, 3.63) is 33.8 Å². The number of rotatable bonds is 3. The van der Waals surface area contributed by atoms with Crippen LogP contribution in [-0.2, 0) is 17.1 Å². The van der Waals surface area contributed by atoms with Crippen LogP contribution in [0, 0.1) is 11.3 Å². The quantitative estimate of drug-likeness (QED) is 0.831. The molecule has 0 spiro atoms. The van der Waals surface area contributed by atoms with Crippen LogP contribution in [0.1, 0.15) is 16.7 Å². The first-order chi connectivity index (χ1) is 7.10. The summed E-state index contributed by atoms with van der Waals surface area (Å²) in [6.07, 6.45) is -0.198. The summed E-state index contributed by atoms with van der Waals surface area (Å²) >= 11 is 11.5. The topological polar surface area (TPSA) is 61.1 Å². The average Bonchev–Trinajstić information content (AvgIpc) is 2.20. The number of carboxylic acids is 1. The number of nitrogens with zero attached hydrogens (tertiary/aromatic N) is 1. The minimum atomic E-state index is -0.987. The molecule has 1 rings (SSSR count). The van der Waals surface area contributed by atoms with Crippen molar-refractivity contribution < 1.29 is 9.90 Å². The van der Waals surface area contributed by atoms with E-state index < -0.39 is 5.97 Å². The van der Waals surface area contributed by atoms with Crippen LogP contribution in [0.4, 0.5) is 0 Å². The molecule has 0 aliphatic heterocycles. The predicted molar refractivity (Wildman–Crippen MR) is 57.1 cm³/mol. The Kier molecular flexibility index (Phi) is 3.96. The molecular formula is C10H7Cl2NO2. The number of alkyl halides is 1. The molecule has 0 fully saturated rings. The summed E-state index contributed by atoms with van der Waals surface area (Å²) in [5.41, 5.74) is 1.29. The Morgan fingerprint density at radius 2 is 2.07 bits per heavy atom. The minimum Gasteiger partial charge on any atom is -0.481 e. The maximum atomic E-state index is 10.5. The highest BCUT2D eigenvalue weighted by atomic mass is 35.5. The van der Waals surface area contributed by atoms with Gasteiger partial charge in [0.1, 0.15) is 6.07 Å². The van der Waals surface area contributed by atoms with Crippen LogP contribution in [-0.4, -0.2) is 11.1 Å². The third-order valence-corrected chi connectivity index (χ3v) is 2.63. The van der Waals surface area contributed by atoms with E-state index in [9.17, 15) is 4.79 Å². The Balaban J connectivity index is 3.24. The first kappa shape index (κ1) is 11.8. The van der Waals surface area contributed by atoms with Crippen LogP contribution in [0.5, 0.6) is 0 Å². The summed E-state index contributed by atoms with van der Waals surface area (Å²) in [4.78, 5) is 10.5. The highest BCUT2D eigenvalue weighted by Gasteiger charge is 2.12. The molecule has 0 atom stereocenters. The van der Waals surface area contributed by atoms with Gasteiger partial charge >= 0.3 is 5.97 Å². The van der Waals surface area contributed by atoms with Gasteiger partial charge in [0.25, 0.3) is 0 Å². The highest BCUT2D eigenvalue weighted by Crippen LogP contribution is 2.25. The molecular weight excluding hydrogens is 237 g/mol. The highest BCUT2D eigenvalue weighted by molar-refractivity contribution is 6.33. The van der Waals surface area contributed by atoms with Crippen LogP contribution in [0.15, 0.2) is 12.1 Å². The third-order valence-electron chi connectivity index (χ3n) is 1.91. The Morgan fingerprint density at radius 1 is 1.47 bits per heavy atom. The van der Waals surface area contributed by atoms with E-state index in [0.29, 0.717) is 11.1 Å². The third kappa shape index (κ3) is 2.62. The SMILES string of the molecule is N#Cc1c(CCl)ccc(CC(=O)O)c1Cl. The molecule has 1 aromatic rings. The number of halogens is 2. The van der Waals surface area contributed by atoms with Crippen molar-refractivity contribution in [3.8, 4) is 6.07 Å². The molecule has 3 nitrogen and oxygen atoms in total. The molecule has 1 aromatic carbocycles. The van der Waals surface area contributed by atoms with Gasteiger partial charge in [-0.3, -0.25) is 4.79 Å². The van der Waals surface area contributed by atoms with Crippen molar-refractivity contribution in [3.63, 3.8) is 0 Å². The van der Waals surface area contributed by atoms with E-state index in [1.54, 1.807) is 12.1 Å². The first-order valence-corrected chi connectivity index (χ1v) is 4.99. The van der Waals surface area contributed by atoms with Crippen LogP contribution in [0.25, 0.3) is 0 Å². The van der Waals surface area contributed by atoms with Crippen molar-refractivity contribution in [1.29, 1.82) is 5.26 Å². The molecule has 78 valence electrons. The van der Waals surface area contributed by atoms with Gasteiger partial charge < -0.3 is 5.11 Å². The zero-order chi connectivity index (χ0) is 11.4. The molecule has 0 amide bonds. The summed E-state index contributed by atoms with van der Waals surface area (Å²) in [5, 5.41) is 17.6. The number of aliphatic carboxylic acids is 1. The normalized spacial score (nSPS) is 9.67. The van der Waals surface area contributed by atoms with E-state index in [-0.39, 0.29) is 22.9 Å². The number of hydrogen-bond donors (Lipinski definition) is 1. The van der Waals surface area contributed by atoms with Crippen molar-refractivity contribution in [1.82, 2.24) is 0 Å². The lowest BCUT2D eigenvalue weighted by Gasteiger charge is -2.06. The minimum absolute atomic E-state index is 0.177. The Hall–Kier alpha value is -1.24. The lowest BCUT2D eigenvalue weighted by Crippen LogP contribution is -2.02. The van der Waals surface area contributed by atoms with Crippen molar-refractivity contribution in [2.75, 3.05) is 0 Å². The van der Waals surface area contributed by atoms with E-state index in [4.69, 9.17) is 33.6 Å². The molecule has 15 heavy (non-hydrogen) atoms. The molecule has 1 N–H and O–H groups in total. The number of carboxylic acid groups (broad SMARTS) is 1. The zero-order valence-electron chi connectivity index (χ0n) is 7.63. The molecule has 0 saturated heterocycles. The fourth-order valence-corrected chi connectivity index (χ4v) is 1.71. The lowest BCUT2D eigenvalue weighted by molar-refractivity contribution is -0.136. The number of benzene rings is 1. The largest absolute Gasteiger partial charge is 0.481 e. The maximum absolute atomic E-state index is 10.5. The van der Waals surface area contributed by atoms with E-state index in [1.807, 2.05) is 6.07 Å². The maximum Gasteiger partial charge on any atom is 0.307 e. The smallest absolute Gasteiger partial charge is 0.307 e. The lowest BCUT2D eigenvalue weighted by atomic mass is 10.0. The van der Waals surface area contributed by atoms with Crippen LogP contribution < -0.4 is 0 Å². The second-order valence-corrected chi connectivity index (χ2v) is 3.53. The summed E-state index contributed by atoms with van der Waals surface area (Å²) in [7, 11) is 0. The van der Waals surface area contributed by atoms with E-state index in [0.717, 1.165) is 0 Å². The van der Waals surface area contributed by atoms with Crippen LogP contribution in [0.2, 0.25) is 5.02 Å². The van der Waals surface area contributed by atoms with Gasteiger partial charge in [0.05, 0.1) is 17.0 Å². The van der Waals surface area contributed by atoms with Gasteiger partial charge in [0.15, 0.2) is 0 Å². The number of hydrogen-bond acceptors (Lipinski definition) is 2. The molecule has 0 radical (unpaired) electrons. The van der Waals surface area contributed by atoms with Gasteiger partial charge in [-0.15, -0.1) is 11.6 Å². The monoisotopic (exact) mass is 243 g/mol. The van der Waals surface area contributed by atoms with Crippen molar-refractivity contribution in [2.24, 2.45) is 0 Å². The van der Waals surface area contributed by atoms with Gasteiger partial charge in [-0.25, -0.2) is 0 Å². The molecule has 0 aliphatic rings.